The number of hydrogen-bond donors (Lipinski definition) is 2. The van der Waals surface area contributed by atoms with Gasteiger partial charge >= 0.3 is 0 Å². The molecule has 0 fully saturated rings. The van der Waals surface area contributed by atoms with Gasteiger partial charge in [-0.3, -0.25) is 0 Å². The first-order valence-electron chi connectivity index (χ1n) is 4.59. The Morgan fingerprint density at radius 3 is 3.07 bits per heavy atom. The summed E-state index contributed by atoms with van der Waals surface area (Å²) in [4.78, 5) is 8.69. The molecule has 0 aliphatic rings. The number of nitrogens with one attached hydrogen (secondary N) is 2. The van der Waals surface area contributed by atoms with E-state index in [9.17, 15) is 0 Å². The van der Waals surface area contributed by atoms with Crippen molar-refractivity contribution >= 4 is 11.3 Å². The molecule has 2 N–H and O–H groups in total. The van der Waals surface area contributed by atoms with Crippen molar-refractivity contribution in [1.29, 1.82) is 0 Å². The van der Waals surface area contributed by atoms with E-state index in [-0.39, 0.29) is 0 Å². The summed E-state index contributed by atoms with van der Waals surface area (Å²) in [7, 11) is 0. The number of aromatic nitrogens is 2. The first-order valence-corrected chi connectivity index (χ1v) is 5.40. The first-order chi connectivity index (χ1) is 6.84. The van der Waals surface area contributed by atoms with Crippen LogP contribution in [-0.4, -0.2) is 9.97 Å². The van der Waals surface area contributed by atoms with Crippen LogP contribution in [0.15, 0.2) is 24.5 Å². The van der Waals surface area contributed by atoms with Gasteiger partial charge in [-0.1, -0.05) is 0 Å². The molecule has 2 rings (SSSR count). The summed E-state index contributed by atoms with van der Waals surface area (Å²) in [5.74, 6) is 0. The van der Waals surface area contributed by atoms with Crippen molar-refractivity contribution in [2.75, 3.05) is 0 Å². The van der Waals surface area contributed by atoms with E-state index in [1.165, 1.54) is 10.6 Å². The van der Waals surface area contributed by atoms with Gasteiger partial charge in [0.15, 0.2) is 0 Å². The third-order valence-electron chi connectivity index (χ3n) is 1.92. The number of rotatable bonds is 4. The molecule has 2 aromatic rings. The first kappa shape index (κ1) is 9.43. The molecule has 0 atom stereocenters. The fraction of sp³-hybridized carbons (Fsp3) is 0.300. The lowest BCUT2D eigenvalue weighted by Gasteiger charge is -1.99. The standard InChI is InChI=1S/C10H13N3S/c1-8-5-13-10(14-8)7-11-6-9-3-2-4-12-9/h2-5,11-12H,6-7H2,1H3. The van der Waals surface area contributed by atoms with Gasteiger partial charge in [0.25, 0.3) is 0 Å². The van der Waals surface area contributed by atoms with E-state index in [4.69, 9.17) is 0 Å². The smallest absolute Gasteiger partial charge is 0.107 e. The molecule has 0 radical (unpaired) electrons. The van der Waals surface area contributed by atoms with Crippen LogP contribution in [0.2, 0.25) is 0 Å². The number of aromatic amines is 1. The van der Waals surface area contributed by atoms with Crippen LogP contribution in [0, 0.1) is 6.92 Å². The predicted octanol–water partition coefficient (Wildman–Crippen LogP) is 2.07. The molecule has 74 valence electrons. The van der Waals surface area contributed by atoms with Crippen molar-refractivity contribution in [2.45, 2.75) is 20.0 Å². The summed E-state index contributed by atoms with van der Waals surface area (Å²) in [6, 6.07) is 4.07. The highest BCUT2D eigenvalue weighted by atomic mass is 32.1. The van der Waals surface area contributed by atoms with E-state index in [0.717, 1.165) is 18.1 Å². The minimum Gasteiger partial charge on any atom is -0.364 e. The van der Waals surface area contributed by atoms with Crippen LogP contribution in [0.1, 0.15) is 15.6 Å². The molecule has 0 saturated heterocycles. The van der Waals surface area contributed by atoms with Crippen molar-refractivity contribution in [1.82, 2.24) is 15.3 Å². The quantitative estimate of drug-likeness (QED) is 0.805. The SMILES string of the molecule is Cc1cnc(CNCc2ccc[nH]2)s1. The van der Waals surface area contributed by atoms with Crippen LogP contribution in [0.5, 0.6) is 0 Å². The van der Waals surface area contributed by atoms with Crippen molar-refractivity contribution in [3.63, 3.8) is 0 Å². The Hall–Kier alpha value is -1.13. The molecule has 0 unspecified atom stereocenters. The van der Waals surface area contributed by atoms with Gasteiger partial charge in [-0.2, -0.15) is 0 Å². The van der Waals surface area contributed by atoms with E-state index < -0.39 is 0 Å². The fourth-order valence-corrected chi connectivity index (χ4v) is 2.02. The zero-order valence-corrected chi connectivity index (χ0v) is 8.90. The second kappa shape index (κ2) is 4.39. The van der Waals surface area contributed by atoms with Crippen molar-refractivity contribution in [2.24, 2.45) is 0 Å². The minimum atomic E-state index is 0.845. The van der Waals surface area contributed by atoms with E-state index in [0.29, 0.717) is 0 Å². The Morgan fingerprint density at radius 1 is 1.50 bits per heavy atom. The second-order valence-electron chi connectivity index (χ2n) is 3.16. The third-order valence-corrected chi connectivity index (χ3v) is 2.84. The van der Waals surface area contributed by atoms with Crippen LogP contribution in [-0.2, 0) is 13.1 Å². The molecule has 0 bridgehead atoms. The zero-order valence-electron chi connectivity index (χ0n) is 8.08. The molecule has 3 nitrogen and oxygen atoms in total. The van der Waals surface area contributed by atoms with Crippen molar-refractivity contribution < 1.29 is 0 Å². The van der Waals surface area contributed by atoms with Gasteiger partial charge in [0.2, 0.25) is 0 Å². The largest absolute Gasteiger partial charge is 0.364 e. The van der Waals surface area contributed by atoms with Gasteiger partial charge in [0.1, 0.15) is 5.01 Å². The normalized spacial score (nSPS) is 10.6. The molecule has 0 saturated carbocycles. The molecule has 0 spiro atoms. The van der Waals surface area contributed by atoms with E-state index in [1.54, 1.807) is 11.3 Å². The second-order valence-corrected chi connectivity index (χ2v) is 4.48. The molecule has 4 heteroatoms. The molecule has 0 aliphatic carbocycles. The van der Waals surface area contributed by atoms with Crippen molar-refractivity contribution in [3.8, 4) is 0 Å². The van der Waals surface area contributed by atoms with Gasteiger partial charge in [-0.25, -0.2) is 4.98 Å². The Labute approximate surface area is 87.2 Å². The Bertz CT molecular complexity index is 378. The van der Waals surface area contributed by atoms with Crippen LogP contribution in [0.4, 0.5) is 0 Å². The van der Waals surface area contributed by atoms with Gasteiger partial charge in [0, 0.05) is 36.1 Å². The highest BCUT2D eigenvalue weighted by Gasteiger charge is 1.98. The fourth-order valence-electron chi connectivity index (χ4n) is 1.26. The van der Waals surface area contributed by atoms with Crippen LogP contribution in [0.3, 0.4) is 0 Å². The lowest BCUT2D eigenvalue weighted by Crippen LogP contribution is -2.12. The molecule has 2 heterocycles. The molecule has 0 aromatic carbocycles. The molecule has 0 aliphatic heterocycles. The molecular formula is C10H13N3S. The topological polar surface area (TPSA) is 40.7 Å². The van der Waals surface area contributed by atoms with E-state index in [2.05, 4.69) is 28.3 Å². The predicted molar refractivity (Wildman–Crippen MR) is 58.2 cm³/mol. The van der Waals surface area contributed by atoms with Gasteiger partial charge in [-0.15, -0.1) is 11.3 Å². The van der Waals surface area contributed by atoms with Crippen LogP contribution < -0.4 is 5.32 Å². The highest BCUT2D eigenvalue weighted by molar-refractivity contribution is 7.11. The maximum absolute atomic E-state index is 4.28. The average Bonchev–Trinajstić information content (AvgIpc) is 2.77. The third kappa shape index (κ3) is 2.43. The number of hydrogen-bond acceptors (Lipinski definition) is 3. The molecule has 0 amide bonds. The number of nitrogens with zero attached hydrogens (tertiary/aromatic N) is 1. The Morgan fingerprint density at radius 2 is 2.43 bits per heavy atom. The lowest BCUT2D eigenvalue weighted by molar-refractivity contribution is 0.679. The summed E-state index contributed by atoms with van der Waals surface area (Å²) in [6.07, 6.45) is 3.85. The molecule has 2 aromatic heterocycles. The zero-order chi connectivity index (χ0) is 9.80. The van der Waals surface area contributed by atoms with E-state index >= 15 is 0 Å². The van der Waals surface area contributed by atoms with E-state index in [1.807, 2.05) is 18.5 Å². The van der Waals surface area contributed by atoms with Gasteiger partial charge in [0.05, 0.1) is 0 Å². The number of aryl methyl sites for hydroxylation is 1. The Kier molecular flexibility index (Phi) is 2.96. The minimum absolute atomic E-state index is 0.845. The number of thiazole rings is 1. The summed E-state index contributed by atoms with van der Waals surface area (Å²) < 4.78 is 0. The Balaban J connectivity index is 1.78. The molecule has 14 heavy (non-hydrogen) atoms. The summed E-state index contributed by atoms with van der Waals surface area (Å²) in [6.45, 7) is 3.79. The number of H-pyrrole nitrogens is 1. The van der Waals surface area contributed by atoms with Crippen molar-refractivity contribution in [3.05, 3.63) is 40.1 Å². The van der Waals surface area contributed by atoms with Crippen LogP contribution >= 0.6 is 11.3 Å². The summed E-state index contributed by atoms with van der Waals surface area (Å²) in [5.41, 5.74) is 1.21. The van der Waals surface area contributed by atoms with Crippen LogP contribution in [0.25, 0.3) is 0 Å². The average molecular weight is 207 g/mol. The maximum Gasteiger partial charge on any atom is 0.107 e. The summed E-state index contributed by atoms with van der Waals surface area (Å²) in [5, 5.41) is 4.48. The molecular weight excluding hydrogens is 194 g/mol. The summed E-state index contributed by atoms with van der Waals surface area (Å²) >= 11 is 1.74. The van der Waals surface area contributed by atoms with Gasteiger partial charge in [-0.05, 0) is 19.1 Å². The maximum atomic E-state index is 4.28. The van der Waals surface area contributed by atoms with Gasteiger partial charge < -0.3 is 10.3 Å². The monoisotopic (exact) mass is 207 g/mol. The highest BCUT2D eigenvalue weighted by Crippen LogP contribution is 2.10. The lowest BCUT2D eigenvalue weighted by atomic mass is 10.4.